The Bertz CT molecular complexity index is 352. The molecule has 0 aliphatic carbocycles. The van der Waals surface area contributed by atoms with Crippen molar-refractivity contribution in [3.8, 4) is 6.07 Å². The molecule has 0 saturated carbocycles. The van der Waals surface area contributed by atoms with E-state index in [2.05, 4.69) is 44.3 Å². The molecule has 0 saturated heterocycles. The number of nitrogens with zero attached hydrogens (tertiary/aromatic N) is 1. The summed E-state index contributed by atoms with van der Waals surface area (Å²) in [6.45, 7) is 8.41. The van der Waals surface area contributed by atoms with Crippen LogP contribution in [0.15, 0.2) is 24.3 Å². The van der Waals surface area contributed by atoms with Crippen molar-refractivity contribution >= 4 is 5.69 Å². The smallest absolute Gasteiger partial charge is 0.111 e. The molecule has 0 aliphatic rings. The third kappa shape index (κ3) is 3.28. The molecule has 1 N–H and O–H groups in total. The normalized spacial score (nSPS) is 13.0. The monoisotopic (exact) mass is 202 g/mol. The van der Waals surface area contributed by atoms with Gasteiger partial charge < -0.3 is 5.32 Å². The molecule has 0 fully saturated rings. The van der Waals surface area contributed by atoms with Gasteiger partial charge in [0.25, 0.3) is 0 Å². The lowest BCUT2D eigenvalue weighted by Crippen LogP contribution is -2.13. The molecule has 0 radical (unpaired) electrons. The quantitative estimate of drug-likeness (QED) is 0.798. The number of rotatable bonds is 2. The SMILES string of the molecule is CC(C#N)Nc1ccc(C(C)(C)C)cc1. The highest BCUT2D eigenvalue weighted by molar-refractivity contribution is 5.47. The Kier molecular flexibility index (Phi) is 3.36. The average Bonchev–Trinajstić information content (AvgIpc) is 2.17. The molecule has 0 spiro atoms. The molecule has 0 aliphatic heterocycles. The lowest BCUT2D eigenvalue weighted by Gasteiger charge is -2.19. The van der Waals surface area contributed by atoms with Crippen LogP contribution in [0.5, 0.6) is 0 Å². The molecule has 0 heterocycles. The zero-order valence-corrected chi connectivity index (χ0v) is 9.83. The second-order valence-electron chi connectivity index (χ2n) is 4.82. The molecule has 1 aromatic rings. The Labute approximate surface area is 91.9 Å². The molecule has 2 nitrogen and oxygen atoms in total. The minimum Gasteiger partial charge on any atom is -0.370 e. The maximum absolute atomic E-state index is 8.67. The molecule has 0 amide bonds. The van der Waals surface area contributed by atoms with Gasteiger partial charge in [-0.05, 0) is 30.0 Å². The molecule has 1 rings (SSSR count). The van der Waals surface area contributed by atoms with E-state index in [1.807, 2.05) is 19.1 Å². The van der Waals surface area contributed by atoms with Gasteiger partial charge in [0.05, 0.1) is 6.07 Å². The summed E-state index contributed by atoms with van der Waals surface area (Å²) >= 11 is 0. The first-order chi connectivity index (χ1) is 6.93. The summed E-state index contributed by atoms with van der Waals surface area (Å²) in [7, 11) is 0. The van der Waals surface area contributed by atoms with E-state index < -0.39 is 0 Å². The van der Waals surface area contributed by atoms with E-state index in [0.29, 0.717) is 0 Å². The lowest BCUT2D eigenvalue weighted by atomic mass is 9.87. The van der Waals surface area contributed by atoms with Gasteiger partial charge in [0.15, 0.2) is 0 Å². The van der Waals surface area contributed by atoms with Gasteiger partial charge in [0.2, 0.25) is 0 Å². The number of nitrogens with one attached hydrogen (secondary N) is 1. The van der Waals surface area contributed by atoms with E-state index >= 15 is 0 Å². The summed E-state index contributed by atoms with van der Waals surface area (Å²) in [6.07, 6.45) is 0. The van der Waals surface area contributed by atoms with Crippen LogP contribution in [0.3, 0.4) is 0 Å². The van der Waals surface area contributed by atoms with Crippen LogP contribution in [0.1, 0.15) is 33.3 Å². The van der Waals surface area contributed by atoms with Crippen LogP contribution in [-0.2, 0) is 5.41 Å². The first-order valence-electron chi connectivity index (χ1n) is 5.20. The molecular weight excluding hydrogens is 184 g/mol. The third-order valence-corrected chi connectivity index (χ3v) is 2.33. The lowest BCUT2D eigenvalue weighted by molar-refractivity contribution is 0.590. The number of benzene rings is 1. The third-order valence-electron chi connectivity index (χ3n) is 2.33. The van der Waals surface area contributed by atoms with E-state index in [9.17, 15) is 0 Å². The number of hydrogen-bond donors (Lipinski definition) is 1. The minimum atomic E-state index is -0.148. The Balaban J connectivity index is 2.78. The molecule has 2 heteroatoms. The van der Waals surface area contributed by atoms with Gasteiger partial charge in [-0.15, -0.1) is 0 Å². The molecule has 1 atom stereocenters. The Morgan fingerprint density at radius 2 is 1.73 bits per heavy atom. The van der Waals surface area contributed by atoms with E-state index in [1.54, 1.807) is 0 Å². The first kappa shape index (κ1) is 11.6. The van der Waals surface area contributed by atoms with E-state index in [4.69, 9.17) is 5.26 Å². The largest absolute Gasteiger partial charge is 0.370 e. The van der Waals surface area contributed by atoms with Crippen molar-refractivity contribution in [3.63, 3.8) is 0 Å². The van der Waals surface area contributed by atoms with Gasteiger partial charge >= 0.3 is 0 Å². The number of anilines is 1. The summed E-state index contributed by atoms with van der Waals surface area (Å²) in [4.78, 5) is 0. The van der Waals surface area contributed by atoms with Crippen molar-refractivity contribution in [1.82, 2.24) is 0 Å². The molecule has 1 unspecified atom stereocenters. The van der Waals surface area contributed by atoms with Gasteiger partial charge in [-0.3, -0.25) is 0 Å². The van der Waals surface area contributed by atoms with Gasteiger partial charge in [0, 0.05) is 5.69 Å². The molecular formula is C13H18N2. The van der Waals surface area contributed by atoms with Crippen LogP contribution < -0.4 is 5.32 Å². The molecule has 80 valence electrons. The van der Waals surface area contributed by atoms with Crippen molar-refractivity contribution in [2.24, 2.45) is 0 Å². The Morgan fingerprint density at radius 3 is 2.13 bits per heavy atom. The zero-order chi connectivity index (χ0) is 11.5. The van der Waals surface area contributed by atoms with Crippen molar-refractivity contribution < 1.29 is 0 Å². The summed E-state index contributed by atoms with van der Waals surface area (Å²) in [5.41, 5.74) is 2.48. The maximum atomic E-state index is 8.67. The predicted octanol–water partition coefficient (Wildman–Crippen LogP) is 3.31. The van der Waals surface area contributed by atoms with E-state index in [1.165, 1.54) is 5.56 Å². The number of hydrogen-bond acceptors (Lipinski definition) is 2. The summed E-state index contributed by atoms with van der Waals surface area (Å²) in [5.74, 6) is 0. The summed E-state index contributed by atoms with van der Waals surface area (Å²) in [6, 6.07) is 10.3. The second-order valence-corrected chi connectivity index (χ2v) is 4.82. The van der Waals surface area contributed by atoms with Crippen LogP contribution in [-0.4, -0.2) is 6.04 Å². The van der Waals surface area contributed by atoms with Gasteiger partial charge in [-0.1, -0.05) is 32.9 Å². The predicted molar refractivity (Wildman–Crippen MR) is 63.8 cm³/mol. The maximum Gasteiger partial charge on any atom is 0.111 e. The second kappa shape index (κ2) is 4.35. The van der Waals surface area contributed by atoms with Crippen molar-refractivity contribution in [2.75, 3.05) is 5.32 Å². The van der Waals surface area contributed by atoms with Gasteiger partial charge in [-0.25, -0.2) is 0 Å². The van der Waals surface area contributed by atoms with Crippen molar-refractivity contribution in [3.05, 3.63) is 29.8 Å². The first-order valence-corrected chi connectivity index (χ1v) is 5.20. The fourth-order valence-corrected chi connectivity index (χ4v) is 1.35. The van der Waals surface area contributed by atoms with Gasteiger partial charge in [0.1, 0.15) is 6.04 Å². The van der Waals surface area contributed by atoms with Crippen LogP contribution in [0, 0.1) is 11.3 Å². The number of nitriles is 1. The Morgan fingerprint density at radius 1 is 1.20 bits per heavy atom. The molecule has 0 bridgehead atoms. The van der Waals surface area contributed by atoms with E-state index in [-0.39, 0.29) is 11.5 Å². The molecule has 15 heavy (non-hydrogen) atoms. The minimum absolute atomic E-state index is 0.148. The molecule has 0 aromatic heterocycles. The topological polar surface area (TPSA) is 35.8 Å². The fraction of sp³-hybridized carbons (Fsp3) is 0.462. The highest BCUT2D eigenvalue weighted by Gasteiger charge is 2.12. The van der Waals surface area contributed by atoms with Crippen molar-refractivity contribution in [1.29, 1.82) is 5.26 Å². The fourth-order valence-electron chi connectivity index (χ4n) is 1.35. The van der Waals surface area contributed by atoms with Crippen LogP contribution in [0.25, 0.3) is 0 Å². The van der Waals surface area contributed by atoms with Crippen LogP contribution >= 0.6 is 0 Å². The standard InChI is InChI=1S/C13H18N2/c1-10(9-14)15-12-7-5-11(6-8-12)13(2,3)4/h5-8,10,15H,1-4H3. The average molecular weight is 202 g/mol. The van der Waals surface area contributed by atoms with Gasteiger partial charge in [-0.2, -0.15) is 5.26 Å². The summed E-state index contributed by atoms with van der Waals surface area (Å²) < 4.78 is 0. The highest BCUT2D eigenvalue weighted by atomic mass is 14.9. The van der Waals surface area contributed by atoms with Crippen LogP contribution in [0.2, 0.25) is 0 Å². The summed E-state index contributed by atoms with van der Waals surface area (Å²) in [5, 5.41) is 11.8. The van der Waals surface area contributed by atoms with Crippen molar-refractivity contribution in [2.45, 2.75) is 39.2 Å². The molecule has 1 aromatic carbocycles. The Hall–Kier alpha value is -1.49. The van der Waals surface area contributed by atoms with Crippen LogP contribution in [0.4, 0.5) is 5.69 Å². The van der Waals surface area contributed by atoms with E-state index in [0.717, 1.165) is 5.69 Å². The zero-order valence-electron chi connectivity index (χ0n) is 9.83. The highest BCUT2D eigenvalue weighted by Crippen LogP contribution is 2.23.